The van der Waals surface area contributed by atoms with Crippen LogP contribution >= 0.6 is 22.6 Å². The summed E-state index contributed by atoms with van der Waals surface area (Å²) in [4.78, 5) is 16.3. The summed E-state index contributed by atoms with van der Waals surface area (Å²) in [5.41, 5.74) is 1.46. The fourth-order valence-corrected chi connectivity index (χ4v) is 2.08. The van der Waals surface area contributed by atoms with E-state index in [-0.39, 0.29) is 5.91 Å². The van der Waals surface area contributed by atoms with Crippen molar-refractivity contribution in [3.05, 3.63) is 44.5 Å². The zero-order valence-corrected chi connectivity index (χ0v) is 12.5. The zero-order valence-electron chi connectivity index (χ0n) is 10.4. The third kappa shape index (κ3) is 2.55. The molecule has 94 valence electrons. The van der Waals surface area contributed by atoms with Crippen LogP contribution in [0.25, 0.3) is 0 Å². The Hall–Kier alpha value is -1.37. The minimum atomic E-state index is -0.185. The highest BCUT2D eigenvalue weighted by Gasteiger charge is 2.18. The van der Waals surface area contributed by atoms with Gasteiger partial charge in [0, 0.05) is 15.3 Å². The number of halogens is 1. The zero-order chi connectivity index (χ0) is 13.3. The highest BCUT2D eigenvalue weighted by atomic mass is 127. The molecular weight excluding hydrogens is 343 g/mol. The molecule has 0 aliphatic heterocycles. The molecule has 0 spiro atoms. The summed E-state index contributed by atoms with van der Waals surface area (Å²) in [5.74, 6) is 1.76. The second-order valence-electron chi connectivity index (χ2n) is 4.03. The molecule has 0 atom stereocenters. The second kappa shape index (κ2) is 5.09. The number of hydrogen-bond acceptors (Lipinski definition) is 3. The number of nitrogens with zero attached hydrogens (tertiary/aromatic N) is 1. The van der Waals surface area contributed by atoms with Crippen LogP contribution in [0.1, 0.15) is 27.4 Å². The van der Waals surface area contributed by atoms with E-state index in [1.54, 1.807) is 19.2 Å². The van der Waals surface area contributed by atoms with Gasteiger partial charge in [0.15, 0.2) is 0 Å². The predicted molar refractivity (Wildman–Crippen MR) is 77.8 cm³/mol. The van der Waals surface area contributed by atoms with Gasteiger partial charge in [0.1, 0.15) is 17.3 Å². The summed E-state index contributed by atoms with van der Waals surface area (Å²) in [6.07, 6.45) is 1.70. The number of aromatic nitrogens is 1. The molecule has 0 unspecified atom stereocenters. The van der Waals surface area contributed by atoms with Gasteiger partial charge >= 0.3 is 0 Å². The molecule has 4 nitrogen and oxygen atoms in total. The smallest absolute Gasteiger partial charge is 0.260 e. The lowest BCUT2D eigenvalue weighted by atomic mass is 10.1. The van der Waals surface area contributed by atoms with Crippen molar-refractivity contribution in [3.63, 3.8) is 0 Å². The number of nitrogens with one attached hydrogen (secondary N) is 1. The Kier molecular flexibility index (Phi) is 3.70. The van der Waals surface area contributed by atoms with Gasteiger partial charge in [0.05, 0.1) is 5.56 Å². The Balaban J connectivity index is 2.24. The van der Waals surface area contributed by atoms with E-state index in [4.69, 9.17) is 4.42 Å². The van der Waals surface area contributed by atoms with E-state index >= 15 is 0 Å². The summed E-state index contributed by atoms with van der Waals surface area (Å²) in [6, 6.07) is 3.67. The van der Waals surface area contributed by atoms with Crippen LogP contribution in [0.5, 0.6) is 0 Å². The van der Waals surface area contributed by atoms with E-state index in [1.165, 1.54) is 0 Å². The minimum absolute atomic E-state index is 0.185. The average molecular weight is 356 g/mol. The van der Waals surface area contributed by atoms with Crippen LogP contribution < -0.4 is 5.32 Å². The largest absolute Gasteiger partial charge is 0.466 e. The Morgan fingerprint density at radius 3 is 2.50 bits per heavy atom. The highest BCUT2D eigenvalue weighted by molar-refractivity contribution is 14.1. The first-order chi connectivity index (χ1) is 8.49. The van der Waals surface area contributed by atoms with Crippen molar-refractivity contribution in [1.29, 1.82) is 0 Å². The third-order valence-electron chi connectivity index (χ3n) is 2.76. The number of rotatable bonds is 2. The Morgan fingerprint density at radius 2 is 2.00 bits per heavy atom. The first kappa shape index (κ1) is 13.1. The molecule has 0 radical (unpaired) electrons. The first-order valence-corrected chi connectivity index (χ1v) is 6.56. The molecule has 1 N–H and O–H groups in total. The van der Waals surface area contributed by atoms with Crippen molar-refractivity contribution in [2.75, 3.05) is 5.32 Å². The summed E-state index contributed by atoms with van der Waals surface area (Å²) in [7, 11) is 0. The monoisotopic (exact) mass is 356 g/mol. The van der Waals surface area contributed by atoms with Crippen LogP contribution in [0.15, 0.2) is 22.7 Å². The van der Waals surface area contributed by atoms with Crippen molar-refractivity contribution in [2.45, 2.75) is 20.8 Å². The number of anilines is 1. The van der Waals surface area contributed by atoms with Crippen LogP contribution in [0.3, 0.4) is 0 Å². The maximum Gasteiger partial charge on any atom is 0.260 e. The molecule has 18 heavy (non-hydrogen) atoms. The number of carbonyl (C=O) groups is 1. The van der Waals surface area contributed by atoms with E-state index in [1.807, 2.05) is 19.9 Å². The Bertz CT molecular complexity index is 588. The molecule has 2 aromatic heterocycles. The maximum atomic E-state index is 12.1. The molecule has 0 aliphatic rings. The lowest BCUT2D eigenvalue weighted by molar-refractivity contribution is 0.102. The lowest BCUT2D eigenvalue weighted by Crippen LogP contribution is -2.14. The molecule has 1 amide bonds. The molecule has 2 aromatic rings. The Labute approximate surface area is 119 Å². The quantitative estimate of drug-likeness (QED) is 0.839. The molecule has 0 fully saturated rings. The van der Waals surface area contributed by atoms with Crippen molar-refractivity contribution >= 4 is 34.3 Å². The first-order valence-electron chi connectivity index (χ1n) is 5.48. The molecule has 0 aromatic carbocycles. The van der Waals surface area contributed by atoms with Crippen molar-refractivity contribution in [3.8, 4) is 0 Å². The topological polar surface area (TPSA) is 55.1 Å². The summed E-state index contributed by atoms with van der Waals surface area (Å²) >= 11 is 2.17. The maximum absolute atomic E-state index is 12.1. The number of furan rings is 1. The number of aryl methyl sites for hydroxylation is 2. The summed E-state index contributed by atoms with van der Waals surface area (Å²) < 4.78 is 6.47. The standard InChI is InChI=1S/C13H13IN2O2/c1-7-8(2)18-9(3)12(7)13(17)16-11-5-4-10(14)6-15-11/h4-6H,1-3H3,(H,15,16,17). The minimum Gasteiger partial charge on any atom is -0.466 e. The Morgan fingerprint density at radius 1 is 1.28 bits per heavy atom. The number of hydrogen-bond donors (Lipinski definition) is 1. The van der Waals surface area contributed by atoms with Gasteiger partial charge in [-0.1, -0.05) is 0 Å². The lowest BCUT2D eigenvalue weighted by Gasteiger charge is -2.04. The van der Waals surface area contributed by atoms with Gasteiger partial charge in [-0.3, -0.25) is 4.79 Å². The van der Waals surface area contributed by atoms with Crippen molar-refractivity contribution in [2.24, 2.45) is 0 Å². The van der Waals surface area contributed by atoms with Crippen LogP contribution in [-0.2, 0) is 0 Å². The highest BCUT2D eigenvalue weighted by Crippen LogP contribution is 2.21. The third-order valence-corrected chi connectivity index (χ3v) is 3.40. The molecular formula is C13H13IN2O2. The second-order valence-corrected chi connectivity index (χ2v) is 5.28. The molecule has 0 saturated carbocycles. The van der Waals surface area contributed by atoms with Gasteiger partial charge < -0.3 is 9.73 Å². The molecule has 2 rings (SSSR count). The summed E-state index contributed by atoms with van der Waals surface area (Å²) in [5, 5.41) is 2.77. The number of pyridine rings is 1. The van der Waals surface area contributed by atoms with Crippen LogP contribution in [0.2, 0.25) is 0 Å². The van der Waals surface area contributed by atoms with Gasteiger partial charge in [-0.15, -0.1) is 0 Å². The predicted octanol–water partition coefficient (Wildman–Crippen LogP) is 3.46. The van der Waals surface area contributed by atoms with Gasteiger partial charge in [-0.25, -0.2) is 4.98 Å². The normalized spacial score (nSPS) is 10.4. The fourth-order valence-electron chi connectivity index (χ4n) is 1.76. The molecule has 0 aliphatic carbocycles. The van der Waals surface area contributed by atoms with Crippen molar-refractivity contribution in [1.82, 2.24) is 4.98 Å². The van der Waals surface area contributed by atoms with E-state index in [0.717, 1.165) is 14.9 Å². The average Bonchev–Trinajstić information content (AvgIpc) is 2.56. The van der Waals surface area contributed by atoms with Crippen LogP contribution in [0, 0.1) is 24.3 Å². The number of amides is 1. The van der Waals surface area contributed by atoms with Gasteiger partial charge in [-0.05, 0) is 55.5 Å². The molecule has 2 heterocycles. The number of carbonyl (C=O) groups excluding carboxylic acids is 1. The fraction of sp³-hybridized carbons (Fsp3) is 0.231. The molecule has 0 saturated heterocycles. The van der Waals surface area contributed by atoms with E-state index in [0.29, 0.717) is 17.1 Å². The van der Waals surface area contributed by atoms with Gasteiger partial charge in [-0.2, -0.15) is 0 Å². The molecule has 0 bridgehead atoms. The van der Waals surface area contributed by atoms with Gasteiger partial charge in [0.25, 0.3) is 5.91 Å². The van der Waals surface area contributed by atoms with Crippen LogP contribution in [0.4, 0.5) is 5.82 Å². The molecule has 5 heteroatoms. The van der Waals surface area contributed by atoms with E-state index < -0.39 is 0 Å². The SMILES string of the molecule is Cc1oc(C)c(C(=O)Nc2ccc(I)cn2)c1C. The van der Waals surface area contributed by atoms with Crippen molar-refractivity contribution < 1.29 is 9.21 Å². The van der Waals surface area contributed by atoms with E-state index in [9.17, 15) is 4.79 Å². The van der Waals surface area contributed by atoms with Gasteiger partial charge in [0.2, 0.25) is 0 Å². The van der Waals surface area contributed by atoms with Crippen LogP contribution in [-0.4, -0.2) is 10.9 Å². The van der Waals surface area contributed by atoms with E-state index in [2.05, 4.69) is 32.9 Å². The summed E-state index contributed by atoms with van der Waals surface area (Å²) in [6.45, 7) is 5.51.